The number of hydrogen-bond donors (Lipinski definition) is 2. The number of ether oxygens (including phenoxy) is 1. The minimum absolute atomic E-state index is 0.0578. The van der Waals surface area contributed by atoms with Gasteiger partial charge in [0.05, 0.1) is 13.5 Å². The summed E-state index contributed by atoms with van der Waals surface area (Å²) in [6.45, 7) is 2.26. The molecule has 0 spiro atoms. The molecule has 1 aromatic rings. The van der Waals surface area contributed by atoms with Gasteiger partial charge in [0.15, 0.2) is 0 Å². The third-order valence-corrected chi connectivity index (χ3v) is 2.60. The Morgan fingerprint density at radius 3 is 2.69 bits per heavy atom. The lowest BCUT2D eigenvalue weighted by Crippen LogP contribution is -2.16. The van der Waals surface area contributed by atoms with Gasteiger partial charge in [-0.2, -0.15) is 0 Å². The van der Waals surface area contributed by atoms with Gasteiger partial charge in [0.2, 0.25) is 0 Å². The van der Waals surface area contributed by atoms with Crippen LogP contribution in [0.1, 0.15) is 23.5 Å². The van der Waals surface area contributed by atoms with Crippen molar-refractivity contribution in [3.05, 3.63) is 29.3 Å². The molecule has 1 aromatic carbocycles. The second kappa shape index (κ2) is 5.51. The molecule has 0 amide bonds. The Balaban J connectivity index is 2.93. The second-order valence-corrected chi connectivity index (χ2v) is 3.76. The Labute approximate surface area is 95.0 Å². The molecule has 0 aliphatic heterocycles. The van der Waals surface area contributed by atoms with E-state index in [9.17, 15) is 4.79 Å². The first kappa shape index (κ1) is 12.5. The van der Waals surface area contributed by atoms with Gasteiger partial charge in [0.25, 0.3) is 0 Å². The zero-order chi connectivity index (χ0) is 12.1. The summed E-state index contributed by atoms with van der Waals surface area (Å²) in [4.78, 5) is 10.7. The normalized spacial score (nSPS) is 12.2. The monoisotopic (exact) mass is 223 g/mol. The highest BCUT2D eigenvalue weighted by Crippen LogP contribution is 2.25. The molecule has 4 heteroatoms. The number of rotatable bonds is 5. The fourth-order valence-corrected chi connectivity index (χ4v) is 1.70. The van der Waals surface area contributed by atoms with Crippen LogP contribution in [-0.2, 0) is 4.79 Å². The molecule has 0 radical (unpaired) electrons. The van der Waals surface area contributed by atoms with E-state index in [1.165, 1.54) is 0 Å². The molecule has 1 unspecified atom stereocenters. The van der Waals surface area contributed by atoms with Crippen LogP contribution in [-0.4, -0.2) is 24.7 Å². The molecule has 0 heterocycles. The highest BCUT2D eigenvalue weighted by atomic mass is 16.5. The quantitative estimate of drug-likeness (QED) is 0.793. The maximum absolute atomic E-state index is 10.7. The number of carboxylic acid groups (broad SMARTS) is 1. The van der Waals surface area contributed by atoms with Crippen molar-refractivity contribution in [3.8, 4) is 5.75 Å². The van der Waals surface area contributed by atoms with Crippen LogP contribution in [0.2, 0.25) is 0 Å². The van der Waals surface area contributed by atoms with Gasteiger partial charge in [-0.3, -0.25) is 4.79 Å². The molecule has 0 saturated carbocycles. The number of aliphatic carboxylic acids is 1. The van der Waals surface area contributed by atoms with E-state index in [1.54, 1.807) is 7.11 Å². The van der Waals surface area contributed by atoms with E-state index < -0.39 is 5.97 Å². The molecular formula is C12H17NO3. The lowest BCUT2D eigenvalue weighted by atomic mass is 9.94. The van der Waals surface area contributed by atoms with E-state index in [0.717, 1.165) is 16.9 Å². The Bertz CT molecular complexity index is 377. The summed E-state index contributed by atoms with van der Waals surface area (Å²) in [5.74, 6) is -0.166. The molecule has 4 nitrogen and oxygen atoms in total. The predicted octanol–water partition coefficient (Wildman–Crippen LogP) is 1.52. The molecule has 0 fully saturated rings. The van der Waals surface area contributed by atoms with Gasteiger partial charge in [0, 0.05) is 5.92 Å². The zero-order valence-electron chi connectivity index (χ0n) is 9.56. The van der Waals surface area contributed by atoms with Crippen LogP contribution in [0, 0.1) is 6.92 Å². The van der Waals surface area contributed by atoms with Crippen LogP contribution in [0.25, 0.3) is 0 Å². The summed E-state index contributed by atoms with van der Waals surface area (Å²) in [7, 11) is 1.61. The van der Waals surface area contributed by atoms with Gasteiger partial charge in [-0.15, -0.1) is 0 Å². The van der Waals surface area contributed by atoms with Crippen LogP contribution < -0.4 is 10.5 Å². The number of hydrogen-bond acceptors (Lipinski definition) is 3. The van der Waals surface area contributed by atoms with E-state index in [4.69, 9.17) is 15.6 Å². The summed E-state index contributed by atoms with van der Waals surface area (Å²) >= 11 is 0. The Morgan fingerprint density at radius 1 is 1.56 bits per heavy atom. The molecule has 88 valence electrons. The third kappa shape index (κ3) is 2.97. The van der Waals surface area contributed by atoms with Crippen LogP contribution in [0.3, 0.4) is 0 Å². The molecular weight excluding hydrogens is 206 g/mol. The highest BCUT2D eigenvalue weighted by molar-refractivity contribution is 5.68. The zero-order valence-corrected chi connectivity index (χ0v) is 9.56. The van der Waals surface area contributed by atoms with Crippen molar-refractivity contribution < 1.29 is 14.6 Å². The molecule has 0 aliphatic carbocycles. The largest absolute Gasteiger partial charge is 0.496 e. The fourth-order valence-electron chi connectivity index (χ4n) is 1.70. The van der Waals surface area contributed by atoms with Gasteiger partial charge in [-0.25, -0.2) is 0 Å². The maximum Gasteiger partial charge on any atom is 0.304 e. The molecule has 0 saturated heterocycles. The van der Waals surface area contributed by atoms with Crippen molar-refractivity contribution in [1.29, 1.82) is 0 Å². The lowest BCUT2D eigenvalue weighted by Gasteiger charge is -2.14. The van der Waals surface area contributed by atoms with E-state index in [-0.39, 0.29) is 12.3 Å². The van der Waals surface area contributed by atoms with Crippen LogP contribution >= 0.6 is 0 Å². The summed E-state index contributed by atoms with van der Waals surface area (Å²) in [5.41, 5.74) is 7.52. The number of carboxylic acids is 1. The molecule has 3 N–H and O–H groups in total. The Morgan fingerprint density at radius 2 is 2.25 bits per heavy atom. The topological polar surface area (TPSA) is 72.5 Å². The molecule has 0 aromatic heterocycles. The van der Waals surface area contributed by atoms with Crippen molar-refractivity contribution >= 4 is 5.97 Å². The van der Waals surface area contributed by atoms with Crippen LogP contribution in [0.15, 0.2) is 18.2 Å². The molecule has 0 aliphatic rings. The third-order valence-electron chi connectivity index (χ3n) is 2.60. The molecule has 16 heavy (non-hydrogen) atoms. The van der Waals surface area contributed by atoms with Gasteiger partial charge in [0.1, 0.15) is 5.75 Å². The fraction of sp³-hybridized carbons (Fsp3) is 0.417. The summed E-state index contributed by atoms with van der Waals surface area (Å²) < 4.78 is 5.15. The second-order valence-electron chi connectivity index (χ2n) is 3.76. The Hall–Kier alpha value is -1.55. The smallest absolute Gasteiger partial charge is 0.304 e. The number of methoxy groups -OCH3 is 1. The Kier molecular flexibility index (Phi) is 4.31. The maximum atomic E-state index is 10.7. The van der Waals surface area contributed by atoms with Crippen molar-refractivity contribution in [2.75, 3.05) is 13.7 Å². The van der Waals surface area contributed by atoms with Crippen molar-refractivity contribution in [1.82, 2.24) is 0 Å². The molecule has 1 atom stereocenters. The van der Waals surface area contributed by atoms with E-state index in [2.05, 4.69) is 0 Å². The van der Waals surface area contributed by atoms with E-state index >= 15 is 0 Å². The number of nitrogens with two attached hydrogens (primary N) is 1. The summed E-state index contributed by atoms with van der Waals surface area (Å²) in [5, 5.41) is 8.77. The SMILES string of the molecule is COc1ccc(C(CN)CC(=O)O)cc1C. The minimum Gasteiger partial charge on any atom is -0.496 e. The number of benzene rings is 1. The first-order valence-corrected chi connectivity index (χ1v) is 5.15. The average Bonchev–Trinajstić information content (AvgIpc) is 2.25. The van der Waals surface area contributed by atoms with Crippen molar-refractivity contribution in [3.63, 3.8) is 0 Å². The van der Waals surface area contributed by atoms with Crippen molar-refractivity contribution in [2.45, 2.75) is 19.3 Å². The van der Waals surface area contributed by atoms with Crippen LogP contribution in [0.5, 0.6) is 5.75 Å². The predicted molar refractivity (Wildman–Crippen MR) is 61.8 cm³/mol. The van der Waals surface area contributed by atoms with Gasteiger partial charge in [-0.1, -0.05) is 12.1 Å². The minimum atomic E-state index is -0.830. The van der Waals surface area contributed by atoms with Crippen molar-refractivity contribution in [2.24, 2.45) is 5.73 Å². The molecule has 1 rings (SSSR count). The van der Waals surface area contributed by atoms with Gasteiger partial charge < -0.3 is 15.6 Å². The number of carbonyl (C=O) groups is 1. The standard InChI is InChI=1S/C12H17NO3/c1-8-5-9(3-4-11(8)16-2)10(7-13)6-12(14)15/h3-5,10H,6-7,13H2,1-2H3,(H,14,15). The van der Waals surface area contributed by atoms with Gasteiger partial charge in [-0.05, 0) is 30.7 Å². The number of aryl methyl sites for hydroxylation is 1. The summed E-state index contributed by atoms with van der Waals surface area (Å²) in [6, 6.07) is 5.64. The van der Waals surface area contributed by atoms with E-state index in [0.29, 0.717) is 6.54 Å². The summed E-state index contributed by atoms with van der Waals surface area (Å²) in [6.07, 6.45) is 0.0578. The first-order chi connectivity index (χ1) is 7.58. The first-order valence-electron chi connectivity index (χ1n) is 5.15. The highest BCUT2D eigenvalue weighted by Gasteiger charge is 2.14. The molecule has 0 bridgehead atoms. The lowest BCUT2D eigenvalue weighted by molar-refractivity contribution is -0.137. The average molecular weight is 223 g/mol. The van der Waals surface area contributed by atoms with Gasteiger partial charge >= 0.3 is 5.97 Å². The van der Waals surface area contributed by atoms with E-state index in [1.807, 2.05) is 25.1 Å². The van der Waals surface area contributed by atoms with Crippen LogP contribution in [0.4, 0.5) is 0 Å².